The van der Waals surface area contributed by atoms with Crippen LogP contribution >= 0.6 is 11.8 Å². The molecule has 0 bridgehead atoms. The van der Waals surface area contributed by atoms with E-state index in [1.54, 1.807) is 0 Å². The van der Waals surface area contributed by atoms with Gasteiger partial charge in [0.15, 0.2) is 11.5 Å². The third-order valence-corrected chi connectivity index (χ3v) is 5.13. The highest BCUT2D eigenvalue weighted by atomic mass is 32.2. The third-order valence-electron chi connectivity index (χ3n) is 4.20. The van der Waals surface area contributed by atoms with E-state index in [2.05, 4.69) is 10.3 Å². The van der Waals surface area contributed by atoms with Crippen LogP contribution in [0.4, 0.5) is 0 Å². The largest absolute Gasteiger partial charge is 0.454 e. The molecule has 1 aromatic heterocycles. The van der Waals surface area contributed by atoms with E-state index in [-0.39, 0.29) is 18.7 Å². The van der Waals surface area contributed by atoms with E-state index in [1.807, 2.05) is 61.5 Å². The van der Waals surface area contributed by atoms with Gasteiger partial charge in [-0.05, 0) is 36.8 Å². The standard InChI is InChI=1S/C20H18N2O3S/c1-13(15-6-8-17-18(10-15)25-12-24-17)21-19(23)11-26-20-9-7-14-4-2-3-5-16(14)22-20/h2-10,13H,11-12H2,1H3,(H,21,23)/t13-/m1/s1. The Labute approximate surface area is 155 Å². The SMILES string of the molecule is C[C@@H](NC(=O)CSc1ccc2ccccc2n1)c1ccc2c(c1)OCO2. The molecule has 4 rings (SSSR count). The Hall–Kier alpha value is -2.73. The second-order valence-corrected chi connectivity index (χ2v) is 7.03. The molecule has 6 heteroatoms. The van der Waals surface area contributed by atoms with Gasteiger partial charge in [-0.1, -0.05) is 42.1 Å². The van der Waals surface area contributed by atoms with Crippen LogP contribution in [-0.2, 0) is 4.79 Å². The number of amides is 1. The van der Waals surface area contributed by atoms with Gasteiger partial charge in [-0.15, -0.1) is 0 Å². The molecule has 2 heterocycles. The Balaban J connectivity index is 1.35. The zero-order valence-corrected chi connectivity index (χ0v) is 15.1. The topological polar surface area (TPSA) is 60.5 Å². The molecule has 0 fully saturated rings. The number of aromatic nitrogens is 1. The molecule has 1 N–H and O–H groups in total. The van der Waals surface area contributed by atoms with Crippen LogP contribution in [0.5, 0.6) is 11.5 Å². The molecule has 1 amide bonds. The quantitative estimate of drug-likeness (QED) is 0.693. The van der Waals surface area contributed by atoms with Crippen molar-refractivity contribution in [1.29, 1.82) is 0 Å². The molecule has 3 aromatic rings. The van der Waals surface area contributed by atoms with E-state index >= 15 is 0 Å². The van der Waals surface area contributed by atoms with E-state index in [4.69, 9.17) is 9.47 Å². The van der Waals surface area contributed by atoms with Crippen LogP contribution in [0, 0.1) is 0 Å². The monoisotopic (exact) mass is 366 g/mol. The maximum absolute atomic E-state index is 12.3. The number of benzene rings is 2. The Bertz CT molecular complexity index is 961. The number of thioether (sulfide) groups is 1. The summed E-state index contributed by atoms with van der Waals surface area (Å²) in [5.74, 6) is 1.75. The van der Waals surface area contributed by atoms with Crippen LogP contribution in [0.25, 0.3) is 10.9 Å². The molecule has 0 radical (unpaired) electrons. The molecule has 0 saturated heterocycles. The number of carbonyl (C=O) groups is 1. The molecule has 5 nitrogen and oxygen atoms in total. The number of hydrogen-bond donors (Lipinski definition) is 1. The molecule has 132 valence electrons. The molecule has 0 saturated carbocycles. The molecule has 1 aliphatic rings. The number of nitrogens with one attached hydrogen (secondary N) is 1. The maximum atomic E-state index is 12.3. The van der Waals surface area contributed by atoms with E-state index in [9.17, 15) is 4.79 Å². The summed E-state index contributed by atoms with van der Waals surface area (Å²) in [6.07, 6.45) is 0. The predicted molar refractivity (Wildman–Crippen MR) is 102 cm³/mol. The van der Waals surface area contributed by atoms with Gasteiger partial charge in [-0.25, -0.2) is 4.98 Å². The van der Waals surface area contributed by atoms with Gasteiger partial charge in [-0.3, -0.25) is 4.79 Å². The lowest BCUT2D eigenvalue weighted by atomic mass is 10.1. The molecule has 2 aromatic carbocycles. The van der Waals surface area contributed by atoms with Crippen molar-refractivity contribution in [1.82, 2.24) is 10.3 Å². The van der Waals surface area contributed by atoms with Gasteiger partial charge in [0.2, 0.25) is 12.7 Å². The summed E-state index contributed by atoms with van der Waals surface area (Å²) in [7, 11) is 0. The van der Waals surface area contributed by atoms with E-state index < -0.39 is 0 Å². The van der Waals surface area contributed by atoms with Gasteiger partial charge in [0.1, 0.15) is 0 Å². The Morgan fingerprint density at radius 1 is 1.15 bits per heavy atom. The smallest absolute Gasteiger partial charge is 0.231 e. The number of rotatable bonds is 5. The first kappa shape index (κ1) is 16.7. The third kappa shape index (κ3) is 3.60. The van der Waals surface area contributed by atoms with Gasteiger partial charge < -0.3 is 14.8 Å². The first-order chi connectivity index (χ1) is 12.7. The number of fused-ring (bicyclic) bond motifs is 2. The minimum atomic E-state index is -0.109. The summed E-state index contributed by atoms with van der Waals surface area (Å²) in [6.45, 7) is 2.20. The second-order valence-electron chi connectivity index (χ2n) is 6.03. The minimum absolute atomic E-state index is 0.0323. The highest BCUT2D eigenvalue weighted by molar-refractivity contribution is 7.99. The van der Waals surface area contributed by atoms with Crippen LogP contribution < -0.4 is 14.8 Å². The van der Waals surface area contributed by atoms with Gasteiger partial charge in [0, 0.05) is 5.39 Å². The predicted octanol–water partition coefficient (Wildman–Crippen LogP) is 3.93. The van der Waals surface area contributed by atoms with Crippen molar-refractivity contribution in [2.75, 3.05) is 12.5 Å². The summed E-state index contributed by atoms with van der Waals surface area (Å²) in [5.41, 5.74) is 1.92. The lowest BCUT2D eigenvalue weighted by molar-refractivity contribution is -0.119. The van der Waals surface area contributed by atoms with Gasteiger partial charge in [0.25, 0.3) is 0 Å². The van der Waals surface area contributed by atoms with Crippen molar-refractivity contribution in [3.8, 4) is 11.5 Å². The number of hydrogen-bond acceptors (Lipinski definition) is 5. The Morgan fingerprint density at radius 3 is 2.92 bits per heavy atom. The van der Waals surface area contributed by atoms with Crippen molar-refractivity contribution in [2.45, 2.75) is 18.0 Å². The molecular formula is C20H18N2O3S. The lowest BCUT2D eigenvalue weighted by Gasteiger charge is -2.14. The summed E-state index contributed by atoms with van der Waals surface area (Å²) in [5, 5.41) is 4.95. The van der Waals surface area contributed by atoms with Crippen LogP contribution in [0.1, 0.15) is 18.5 Å². The fourth-order valence-corrected chi connectivity index (χ4v) is 3.51. The van der Waals surface area contributed by atoms with Crippen molar-refractivity contribution in [2.24, 2.45) is 0 Å². The van der Waals surface area contributed by atoms with E-state index in [1.165, 1.54) is 11.8 Å². The van der Waals surface area contributed by atoms with Gasteiger partial charge >= 0.3 is 0 Å². The zero-order valence-electron chi connectivity index (χ0n) is 14.3. The second kappa shape index (κ2) is 7.25. The summed E-state index contributed by atoms with van der Waals surface area (Å²) in [4.78, 5) is 16.9. The molecule has 26 heavy (non-hydrogen) atoms. The molecular weight excluding hydrogens is 348 g/mol. The average molecular weight is 366 g/mol. The first-order valence-electron chi connectivity index (χ1n) is 8.36. The summed E-state index contributed by atoms with van der Waals surface area (Å²) in [6, 6.07) is 17.5. The number of nitrogens with zero attached hydrogens (tertiary/aromatic N) is 1. The minimum Gasteiger partial charge on any atom is -0.454 e. The highest BCUT2D eigenvalue weighted by Crippen LogP contribution is 2.34. The number of para-hydroxylation sites is 1. The van der Waals surface area contributed by atoms with Gasteiger partial charge in [-0.2, -0.15) is 0 Å². The molecule has 0 aliphatic carbocycles. The normalized spacial score (nSPS) is 13.6. The number of carbonyl (C=O) groups excluding carboxylic acids is 1. The Kier molecular flexibility index (Phi) is 4.67. The van der Waals surface area contributed by atoms with Crippen molar-refractivity contribution in [3.63, 3.8) is 0 Å². The van der Waals surface area contributed by atoms with Crippen LogP contribution in [0.2, 0.25) is 0 Å². The highest BCUT2D eigenvalue weighted by Gasteiger charge is 2.17. The average Bonchev–Trinajstić information content (AvgIpc) is 3.14. The molecule has 0 unspecified atom stereocenters. The van der Waals surface area contributed by atoms with Crippen LogP contribution in [0.3, 0.4) is 0 Å². The summed E-state index contributed by atoms with van der Waals surface area (Å²) < 4.78 is 10.7. The maximum Gasteiger partial charge on any atom is 0.231 e. The first-order valence-corrected chi connectivity index (χ1v) is 9.35. The molecule has 1 aliphatic heterocycles. The van der Waals surface area contributed by atoms with Crippen molar-refractivity contribution < 1.29 is 14.3 Å². The van der Waals surface area contributed by atoms with E-state index in [0.29, 0.717) is 5.75 Å². The number of ether oxygens (including phenoxy) is 2. The zero-order chi connectivity index (χ0) is 17.9. The lowest BCUT2D eigenvalue weighted by Crippen LogP contribution is -2.28. The van der Waals surface area contributed by atoms with Crippen LogP contribution in [0.15, 0.2) is 59.6 Å². The van der Waals surface area contributed by atoms with Crippen molar-refractivity contribution in [3.05, 3.63) is 60.2 Å². The molecule has 1 atom stereocenters. The fraction of sp³-hybridized carbons (Fsp3) is 0.200. The van der Waals surface area contributed by atoms with Crippen LogP contribution in [-0.4, -0.2) is 23.4 Å². The Morgan fingerprint density at radius 2 is 2.00 bits per heavy atom. The van der Waals surface area contributed by atoms with Crippen molar-refractivity contribution >= 4 is 28.6 Å². The molecule has 0 spiro atoms. The van der Waals surface area contributed by atoms with E-state index in [0.717, 1.165) is 33.0 Å². The van der Waals surface area contributed by atoms with Gasteiger partial charge in [0.05, 0.1) is 22.3 Å². The summed E-state index contributed by atoms with van der Waals surface area (Å²) >= 11 is 1.43. The number of pyridine rings is 1. The fourth-order valence-electron chi connectivity index (χ4n) is 2.82.